The summed E-state index contributed by atoms with van der Waals surface area (Å²) in [6, 6.07) is 12.9. The van der Waals surface area contributed by atoms with Gasteiger partial charge in [0.2, 0.25) is 13.3 Å². The van der Waals surface area contributed by atoms with Crippen molar-refractivity contribution >= 4 is 41.9 Å². The van der Waals surface area contributed by atoms with E-state index in [0.717, 1.165) is 16.9 Å². The quantitative estimate of drug-likeness (QED) is 0.566. The van der Waals surface area contributed by atoms with Gasteiger partial charge in [-0.05, 0) is 43.7 Å². The van der Waals surface area contributed by atoms with Crippen LogP contribution in [0.3, 0.4) is 0 Å². The minimum Gasteiger partial charge on any atom is -0.354 e. The van der Waals surface area contributed by atoms with E-state index in [4.69, 9.17) is 16.1 Å². The predicted octanol–water partition coefficient (Wildman–Crippen LogP) is 5.67. The summed E-state index contributed by atoms with van der Waals surface area (Å²) in [5.74, 6) is -0.333. The van der Waals surface area contributed by atoms with E-state index >= 15 is 0 Å². The minimum atomic E-state index is -2.94. The highest BCUT2D eigenvalue weighted by molar-refractivity contribution is 7.59. The monoisotopic (exact) mass is 394 g/mol. The van der Waals surface area contributed by atoms with Gasteiger partial charge in [-0.15, -0.1) is 0 Å². The topological polar surface area (TPSA) is 67.4 Å². The van der Waals surface area contributed by atoms with Crippen molar-refractivity contribution in [2.24, 2.45) is 0 Å². The fourth-order valence-corrected chi connectivity index (χ4v) is 4.14. The summed E-state index contributed by atoms with van der Waals surface area (Å²) in [5.41, 5.74) is 3.11. The summed E-state index contributed by atoms with van der Waals surface area (Å²) in [6.07, 6.45) is 0.192. The predicted molar refractivity (Wildman–Crippen MR) is 109 cm³/mol. The van der Waals surface area contributed by atoms with Gasteiger partial charge >= 0.3 is 0 Å². The molecule has 0 aromatic heterocycles. The molecule has 1 unspecified atom stereocenters. The molecule has 140 valence electrons. The zero-order valence-electron chi connectivity index (χ0n) is 15.2. The van der Waals surface area contributed by atoms with Crippen molar-refractivity contribution in [3.63, 3.8) is 0 Å². The van der Waals surface area contributed by atoms with Crippen LogP contribution in [-0.2, 0) is 13.9 Å². The van der Waals surface area contributed by atoms with E-state index < -0.39 is 7.37 Å². The minimum absolute atomic E-state index is 0.137. The maximum atomic E-state index is 12.5. The molecule has 1 amide bonds. The highest BCUT2D eigenvalue weighted by atomic mass is 35.5. The SMILES string of the molecule is CCOP(=O)(CC)CC(=O)Nc1ccccc1Nc1cccc(Cl)c1C. The summed E-state index contributed by atoms with van der Waals surface area (Å²) in [7, 11) is -2.94. The summed E-state index contributed by atoms with van der Waals surface area (Å²) in [6.45, 7) is 5.78. The number of para-hydroxylation sites is 2. The van der Waals surface area contributed by atoms with Gasteiger partial charge in [-0.1, -0.05) is 36.7 Å². The van der Waals surface area contributed by atoms with Crippen LogP contribution < -0.4 is 10.6 Å². The molecule has 7 heteroatoms. The smallest absolute Gasteiger partial charge is 0.234 e. The van der Waals surface area contributed by atoms with Crippen molar-refractivity contribution in [3.05, 3.63) is 53.1 Å². The first kappa shape index (κ1) is 20.5. The molecule has 0 heterocycles. The highest BCUT2D eigenvalue weighted by Gasteiger charge is 2.24. The fourth-order valence-electron chi connectivity index (χ4n) is 2.48. The Morgan fingerprint density at radius 2 is 1.73 bits per heavy atom. The van der Waals surface area contributed by atoms with Crippen molar-refractivity contribution in [2.45, 2.75) is 20.8 Å². The number of carbonyl (C=O) groups is 1. The molecule has 0 saturated heterocycles. The Morgan fingerprint density at radius 1 is 1.08 bits per heavy atom. The lowest BCUT2D eigenvalue weighted by atomic mass is 10.2. The molecule has 0 aliphatic rings. The van der Waals surface area contributed by atoms with E-state index in [9.17, 15) is 9.36 Å². The van der Waals surface area contributed by atoms with Crippen LogP contribution in [0.5, 0.6) is 0 Å². The maximum absolute atomic E-state index is 12.5. The van der Waals surface area contributed by atoms with E-state index in [0.29, 0.717) is 23.5 Å². The van der Waals surface area contributed by atoms with Crippen molar-refractivity contribution in [1.82, 2.24) is 0 Å². The number of hydrogen-bond donors (Lipinski definition) is 2. The molecule has 0 saturated carbocycles. The Hall–Kier alpha value is -1.81. The molecule has 0 aliphatic carbocycles. The Balaban J connectivity index is 2.17. The Labute approximate surface area is 159 Å². The van der Waals surface area contributed by atoms with Crippen molar-refractivity contribution < 1.29 is 13.9 Å². The van der Waals surface area contributed by atoms with E-state index in [-0.39, 0.29) is 12.1 Å². The third-order valence-electron chi connectivity index (χ3n) is 3.97. The van der Waals surface area contributed by atoms with Gasteiger partial charge in [0.25, 0.3) is 0 Å². The lowest BCUT2D eigenvalue weighted by Gasteiger charge is -2.18. The molecule has 2 rings (SSSR count). The van der Waals surface area contributed by atoms with Crippen LogP contribution in [0.25, 0.3) is 0 Å². The summed E-state index contributed by atoms with van der Waals surface area (Å²) >= 11 is 6.17. The van der Waals surface area contributed by atoms with Crippen LogP contribution in [0.2, 0.25) is 5.02 Å². The van der Waals surface area contributed by atoms with Crippen molar-refractivity contribution in [1.29, 1.82) is 0 Å². The molecule has 26 heavy (non-hydrogen) atoms. The first-order valence-corrected chi connectivity index (χ1v) is 10.9. The van der Waals surface area contributed by atoms with Gasteiger partial charge in [-0.25, -0.2) is 0 Å². The van der Waals surface area contributed by atoms with Crippen LogP contribution >= 0.6 is 19.0 Å². The molecule has 0 fully saturated rings. The third kappa shape index (κ3) is 5.34. The molecule has 2 N–H and O–H groups in total. The molecule has 0 bridgehead atoms. The maximum Gasteiger partial charge on any atom is 0.234 e. The van der Waals surface area contributed by atoms with Crippen LogP contribution in [0.4, 0.5) is 17.1 Å². The molecule has 0 spiro atoms. The molecule has 2 aromatic carbocycles. The second kappa shape index (κ2) is 9.22. The number of anilines is 3. The van der Waals surface area contributed by atoms with Gasteiger partial charge in [0.05, 0.1) is 18.0 Å². The summed E-state index contributed by atoms with van der Waals surface area (Å²) in [5, 5.41) is 6.78. The van der Waals surface area contributed by atoms with Crippen LogP contribution in [0.15, 0.2) is 42.5 Å². The number of rotatable bonds is 8. The molecule has 0 aliphatic heterocycles. The van der Waals surface area contributed by atoms with Gasteiger partial charge in [0.15, 0.2) is 0 Å². The summed E-state index contributed by atoms with van der Waals surface area (Å²) < 4.78 is 17.8. The summed E-state index contributed by atoms with van der Waals surface area (Å²) in [4.78, 5) is 12.4. The number of hydrogen-bond acceptors (Lipinski definition) is 4. The van der Waals surface area contributed by atoms with Gasteiger partial charge in [0.1, 0.15) is 6.16 Å². The Bertz CT molecular complexity index is 826. The lowest BCUT2D eigenvalue weighted by molar-refractivity contribution is -0.114. The van der Waals surface area contributed by atoms with Crippen molar-refractivity contribution in [3.8, 4) is 0 Å². The fraction of sp³-hybridized carbons (Fsp3) is 0.316. The average molecular weight is 395 g/mol. The molecular formula is C19H24ClN2O3P. The second-order valence-electron chi connectivity index (χ2n) is 5.84. The standard InChI is InChI=1S/C19H24ClN2O3P/c1-4-25-26(24,5-2)13-19(23)22-18-11-7-6-10-17(18)21-16-12-8-9-15(20)14(16)3/h6-12,21H,4-5,13H2,1-3H3,(H,22,23). The Kier molecular flexibility index (Phi) is 7.27. The average Bonchev–Trinajstić information content (AvgIpc) is 2.60. The zero-order chi connectivity index (χ0) is 19.2. The highest BCUT2D eigenvalue weighted by Crippen LogP contribution is 2.46. The largest absolute Gasteiger partial charge is 0.354 e. The normalized spacial score (nSPS) is 13.1. The molecular weight excluding hydrogens is 371 g/mol. The number of amides is 1. The first-order chi connectivity index (χ1) is 12.4. The lowest BCUT2D eigenvalue weighted by Crippen LogP contribution is -2.18. The number of nitrogens with one attached hydrogen (secondary N) is 2. The van der Waals surface area contributed by atoms with E-state index in [1.54, 1.807) is 19.9 Å². The van der Waals surface area contributed by atoms with Crippen LogP contribution in [0, 0.1) is 6.92 Å². The van der Waals surface area contributed by atoms with E-state index in [1.807, 2.05) is 43.3 Å². The molecule has 5 nitrogen and oxygen atoms in total. The van der Waals surface area contributed by atoms with Crippen LogP contribution in [0.1, 0.15) is 19.4 Å². The first-order valence-electron chi connectivity index (χ1n) is 8.52. The van der Waals surface area contributed by atoms with Gasteiger partial charge in [-0.2, -0.15) is 0 Å². The zero-order valence-corrected chi connectivity index (χ0v) is 16.9. The molecule has 2 aromatic rings. The van der Waals surface area contributed by atoms with E-state index in [1.165, 1.54) is 0 Å². The number of benzene rings is 2. The number of carbonyl (C=O) groups excluding carboxylic acids is 1. The van der Waals surface area contributed by atoms with Gasteiger partial charge in [-0.3, -0.25) is 9.36 Å². The molecule has 0 radical (unpaired) electrons. The Morgan fingerprint density at radius 3 is 2.38 bits per heavy atom. The van der Waals surface area contributed by atoms with Gasteiger partial charge in [0, 0.05) is 16.9 Å². The number of halogens is 1. The molecule has 1 atom stereocenters. The van der Waals surface area contributed by atoms with E-state index in [2.05, 4.69) is 10.6 Å². The van der Waals surface area contributed by atoms with Crippen molar-refractivity contribution in [2.75, 3.05) is 29.6 Å². The second-order valence-corrected chi connectivity index (χ2v) is 9.08. The van der Waals surface area contributed by atoms with Crippen LogP contribution in [-0.4, -0.2) is 24.8 Å². The third-order valence-corrected chi connectivity index (χ3v) is 6.84. The van der Waals surface area contributed by atoms with Gasteiger partial charge < -0.3 is 15.2 Å².